The first kappa shape index (κ1) is 14.1. The molecule has 104 valence electrons. The van der Waals surface area contributed by atoms with Crippen LogP contribution in [0.5, 0.6) is 0 Å². The smallest absolute Gasteiger partial charge is 0.329 e. The van der Waals surface area contributed by atoms with E-state index in [0.29, 0.717) is 10.6 Å². The van der Waals surface area contributed by atoms with Crippen molar-refractivity contribution in [1.29, 1.82) is 0 Å². The molecule has 3 amide bonds. The van der Waals surface area contributed by atoms with Crippen molar-refractivity contribution in [2.45, 2.75) is 0 Å². The molecular formula is C13H11ClN2O4. The summed E-state index contributed by atoms with van der Waals surface area (Å²) in [7, 11) is 1.19. The van der Waals surface area contributed by atoms with E-state index in [9.17, 15) is 14.4 Å². The van der Waals surface area contributed by atoms with Gasteiger partial charge in [-0.3, -0.25) is 9.59 Å². The number of carbonyl (C=O) groups excluding carboxylic acids is 3. The maximum Gasteiger partial charge on any atom is 0.329 e. The number of ether oxygens (including phenoxy) is 1. The minimum atomic E-state index is -0.666. The van der Waals surface area contributed by atoms with Crippen LogP contribution in [0.2, 0.25) is 5.02 Å². The van der Waals surface area contributed by atoms with E-state index in [1.807, 2.05) is 0 Å². The number of urea groups is 1. The number of esters is 1. The highest BCUT2D eigenvalue weighted by Crippen LogP contribution is 2.16. The molecule has 1 fully saturated rings. The molecule has 0 unspecified atom stereocenters. The third-order valence-corrected chi connectivity index (χ3v) is 2.91. The number of nitrogens with zero attached hydrogens (tertiary/aromatic N) is 1. The summed E-state index contributed by atoms with van der Waals surface area (Å²) >= 11 is 5.76. The van der Waals surface area contributed by atoms with Crippen LogP contribution in [0.15, 0.2) is 30.0 Å². The first-order valence-electron chi connectivity index (χ1n) is 5.68. The van der Waals surface area contributed by atoms with Crippen molar-refractivity contribution < 1.29 is 19.1 Å². The van der Waals surface area contributed by atoms with Crippen LogP contribution in [0.3, 0.4) is 0 Å². The molecule has 2 rings (SSSR count). The standard InChI is InChI=1S/C13H11ClN2O4/c1-20-11(17)7-16-12(18)10(15-13(16)19)6-8-2-4-9(14)5-3-8/h2-6H,7H2,1H3,(H,15,19). The van der Waals surface area contributed by atoms with Gasteiger partial charge in [-0.05, 0) is 23.8 Å². The molecule has 6 nitrogen and oxygen atoms in total. The quantitative estimate of drug-likeness (QED) is 0.519. The molecule has 1 aliphatic rings. The van der Waals surface area contributed by atoms with Crippen LogP contribution in [0, 0.1) is 0 Å². The number of nitrogens with one attached hydrogen (secondary N) is 1. The fourth-order valence-electron chi connectivity index (χ4n) is 1.63. The van der Waals surface area contributed by atoms with Crippen LogP contribution in [0.1, 0.15) is 5.56 Å². The Morgan fingerprint density at radius 3 is 2.60 bits per heavy atom. The van der Waals surface area contributed by atoms with Gasteiger partial charge in [-0.1, -0.05) is 23.7 Å². The zero-order valence-electron chi connectivity index (χ0n) is 10.6. The summed E-state index contributed by atoms with van der Waals surface area (Å²) in [5.74, 6) is -1.24. The van der Waals surface area contributed by atoms with Gasteiger partial charge in [0.2, 0.25) is 0 Å². The first-order chi connectivity index (χ1) is 9.51. The summed E-state index contributed by atoms with van der Waals surface area (Å²) in [6, 6.07) is 6.10. The molecule has 0 aliphatic carbocycles. The van der Waals surface area contributed by atoms with E-state index in [1.54, 1.807) is 24.3 Å². The van der Waals surface area contributed by atoms with Crippen LogP contribution < -0.4 is 5.32 Å². The second-order valence-electron chi connectivity index (χ2n) is 4.01. The average molecular weight is 295 g/mol. The van der Waals surface area contributed by atoms with Crippen molar-refractivity contribution in [1.82, 2.24) is 10.2 Å². The van der Waals surface area contributed by atoms with E-state index < -0.39 is 24.5 Å². The van der Waals surface area contributed by atoms with Crippen molar-refractivity contribution >= 4 is 35.6 Å². The Hall–Kier alpha value is -2.34. The topological polar surface area (TPSA) is 75.7 Å². The van der Waals surface area contributed by atoms with Gasteiger partial charge >= 0.3 is 12.0 Å². The number of benzene rings is 1. The van der Waals surface area contributed by atoms with E-state index in [1.165, 1.54) is 13.2 Å². The molecule has 0 atom stereocenters. The van der Waals surface area contributed by atoms with Crippen molar-refractivity contribution in [2.75, 3.05) is 13.7 Å². The molecule has 20 heavy (non-hydrogen) atoms. The van der Waals surface area contributed by atoms with Crippen LogP contribution >= 0.6 is 11.6 Å². The molecule has 1 aliphatic heterocycles. The van der Waals surface area contributed by atoms with Crippen molar-refractivity contribution in [3.63, 3.8) is 0 Å². The normalized spacial score (nSPS) is 16.5. The monoisotopic (exact) mass is 294 g/mol. The number of rotatable bonds is 3. The largest absolute Gasteiger partial charge is 0.468 e. The number of amides is 3. The van der Waals surface area contributed by atoms with Crippen LogP contribution in [0.25, 0.3) is 6.08 Å². The minimum absolute atomic E-state index is 0.0984. The lowest BCUT2D eigenvalue weighted by Crippen LogP contribution is -2.36. The Labute approximate surface area is 120 Å². The summed E-state index contributed by atoms with van der Waals surface area (Å²) in [6.07, 6.45) is 1.51. The van der Waals surface area contributed by atoms with Crippen LogP contribution in [-0.2, 0) is 14.3 Å². The lowest BCUT2D eigenvalue weighted by molar-refractivity contribution is -0.143. The number of halogens is 1. The van der Waals surface area contributed by atoms with Crippen molar-refractivity contribution in [3.8, 4) is 0 Å². The van der Waals surface area contributed by atoms with Gasteiger partial charge in [0.25, 0.3) is 5.91 Å². The van der Waals surface area contributed by atoms with Gasteiger partial charge in [-0.2, -0.15) is 0 Å². The predicted molar refractivity (Wildman–Crippen MR) is 71.7 cm³/mol. The maximum absolute atomic E-state index is 12.0. The highest BCUT2D eigenvalue weighted by atomic mass is 35.5. The Morgan fingerprint density at radius 1 is 1.35 bits per heavy atom. The molecule has 0 aromatic heterocycles. The Balaban J connectivity index is 2.19. The average Bonchev–Trinajstić information content (AvgIpc) is 2.69. The molecule has 7 heteroatoms. The molecule has 0 spiro atoms. The Morgan fingerprint density at radius 2 is 2.00 bits per heavy atom. The van der Waals surface area contributed by atoms with Crippen LogP contribution in [-0.4, -0.2) is 36.5 Å². The molecule has 0 radical (unpaired) electrons. The zero-order valence-corrected chi connectivity index (χ0v) is 11.3. The first-order valence-corrected chi connectivity index (χ1v) is 6.06. The number of methoxy groups -OCH3 is 1. The van der Waals surface area contributed by atoms with E-state index in [2.05, 4.69) is 10.1 Å². The summed E-state index contributed by atoms with van der Waals surface area (Å²) in [5, 5.41) is 2.97. The van der Waals surface area contributed by atoms with E-state index in [4.69, 9.17) is 11.6 Å². The highest BCUT2D eigenvalue weighted by molar-refractivity contribution is 6.30. The SMILES string of the molecule is COC(=O)CN1C(=O)NC(=Cc2ccc(Cl)cc2)C1=O. The van der Waals surface area contributed by atoms with E-state index >= 15 is 0 Å². The summed E-state index contributed by atoms with van der Waals surface area (Å²) in [5.41, 5.74) is 0.805. The molecule has 1 N–H and O–H groups in total. The summed E-state index contributed by atoms with van der Waals surface area (Å²) in [6.45, 7) is -0.418. The van der Waals surface area contributed by atoms with Gasteiger partial charge in [0.15, 0.2) is 0 Å². The molecule has 0 bridgehead atoms. The highest BCUT2D eigenvalue weighted by Gasteiger charge is 2.35. The maximum atomic E-state index is 12.0. The van der Waals surface area contributed by atoms with Gasteiger partial charge in [0.05, 0.1) is 7.11 Å². The predicted octanol–water partition coefficient (Wildman–Crippen LogP) is 1.41. The van der Waals surface area contributed by atoms with Gasteiger partial charge in [0, 0.05) is 5.02 Å². The van der Waals surface area contributed by atoms with Crippen LogP contribution in [0.4, 0.5) is 4.79 Å². The van der Waals surface area contributed by atoms with Gasteiger partial charge < -0.3 is 10.1 Å². The zero-order chi connectivity index (χ0) is 14.7. The fourth-order valence-corrected chi connectivity index (χ4v) is 1.76. The third-order valence-electron chi connectivity index (χ3n) is 2.66. The van der Waals surface area contributed by atoms with Gasteiger partial charge in [-0.25, -0.2) is 9.69 Å². The Kier molecular flexibility index (Phi) is 4.05. The Bertz CT molecular complexity index is 595. The molecule has 0 saturated carbocycles. The lowest BCUT2D eigenvalue weighted by atomic mass is 10.2. The second kappa shape index (κ2) is 5.75. The fraction of sp³-hybridized carbons (Fsp3) is 0.154. The van der Waals surface area contributed by atoms with Gasteiger partial charge in [-0.15, -0.1) is 0 Å². The number of imide groups is 1. The van der Waals surface area contributed by atoms with Crippen molar-refractivity contribution in [2.24, 2.45) is 0 Å². The van der Waals surface area contributed by atoms with E-state index in [0.717, 1.165) is 4.90 Å². The lowest BCUT2D eigenvalue weighted by Gasteiger charge is -2.08. The van der Waals surface area contributed by atoms with Gasteiger partial charge in [0.1, 0.15) is 12.2 Å². The number of carbonyl (C=O) groups is 3. The molecule has 1 aromatic carbocycles. The summed E-state index contributed by atoms with van der Waals surface area (Å²) < 4.78 is 4.43. The molecule has 1 heterocycles. The second-order valence-corrected chi connectivity index (χ2v) is 4.44. The molecule has 1 saturated heterocycles. The molecular weight excluding hydrogens is 284 g/mol. The number of hydrogen-bond donors (Lipinski definition) is 1. The number of hydrogen-bond acceptors (Lipinski definition) is 4. The van der Waals surface area contributed by atoms with E-state index in [-0.39, 0.29) is 5.70 Å². The molecule has 1 aromatic rings. The minimum Gasteiger partial charge on any atom is -0.468 e. The third kappa shape index (κ3) is 2.97. The van der Waals surface area contributed by atoms with Crippen molar-refractivity contribution in [3.05, 3.63) is 40.5 Å². The summed E-state index contributed by atoms with van der Waals surface area (Å²) in [4.78, 5) is 35.5.